The van der Waals surface area contributed by atoms with Gasteiger partial charge in [-0.1, -0.05) is 11.6 Å². The summed E-state index contributed by atoms with van der Waals surface area (Å²) in [6.07, 6.45) is 2.69. The number of hydrogen-bond donors (Lipinski definition) is 0. The van der Waals surface area contributed by atoms with Crippen molar-refractivity contribution in [2.75, 3.05) is 0 Å². The molecule has 0 radical (unpaired) electrons. The van der Waals surface area contributed by atoms with E-state index >= 15 is 0 Å². The minimum atomic E-state index is -0.502. The topological polar surface area (TPSA) is 69.2 Å². The molecule has 0 aliphatic heterocycles. The number of nitrogens with zero attached hydrogens (tertiary/aromatic N) is 2. The molecule has 0 bridgehead atoms. The maximum atomic E-state index is 10.5. The normalized spacial score (nSPS) is 10.2. The Bertz CT molecular complexity index is 496. The van der Waals surface area contributed by atoms with Crippen molar-refractivity contribution in [3.8, 4) is 11.3 Å². The van der Waals surface area contributed by atoms with Crippen LogP contribution >= 0.6 is 11.6 Å². The molecule has 0 atom stereocenters. The van der Waals surface area contributed by atoms with Crippen molar-refractivity contribution in [2.45, 2.75) is 0 Å². The summed E-state index contributed by atoms with van der Waals surface area (Å²) >= 11 is 5.88. The third kappa shape index (κ3) is 1.82. The van der Waals surface area contributed by atoms with E-state index < -0.39 is 4.92 Å². The molecule has 2 rings (SSSR count). The molecule has 1 heterocycles. The van der Waals surface area contributed by atoms with E-state index in [9.17, 15) is 10.1 Å². The first-order valence-corrected chi connectivity index (χ1v) is 4.39. The van der Waals surface area contributed by atoms with E-state index in [1.807, 2.05) is 0 Å². The van der Waals surface area contributed by atoms with Gasteiger partial charge in [0.25, 0.3) is 5.69 Å². The lowest BCUT2D eigenvalue weighted by Gasteiger charge is -1.99. The number of nitro groups is 1. The van der Waals surface area contributed by atoms with Crippen molar-refractivity contribution in [1.82, 2.24) is 4.98 Å². The van der Waals surface area contributed by atoms with Crippen molar-refractivity contribution in [1.29, 1.82) is 0 Å². The number of halogens is 1. The van der Waals surface area contributed by atoms with Crippen LogP contribution in [-0.4, -0.2) is 9.91 Å². The first-order valence-electron chi connectivity index (χ1n) is 4.01. The van der Waals surface area contributed by atoms with Crippen molar-refractivity contribution in [3.05, 3.63) is 46.0 Å². The maximum Gasteiger partial charge on any atom is 0.270 e. The zero-order valence-electron chi connectivity index (χ0n) is 7.38. The number of non-ortho nitro benzene ring substituents is 1. The van der Waals surface area contributed by atoms with Gasteiger partial charge in [-0.3, -0.25) is 10.1 Å². The van der Waals surface area contributed by atoms with Gasteiger partial charge in [-0.25, -0.2) is 4.98 Å². The highest BCUT2D eigenvalue weighted by molar-refractivity contribution is 6.33. The van der Waals surface area contributed by atoms with E-state index in [1.165, 1.54) is 24.8 Å². The van der Waals surface area contributed by atoms with Gasteiger partial charge in [-0.2, -0.15) is 0 Å². The zero-order valence-corrected chi connectivity index (χ0v) is 8.14. The highest BCUT2D eigenvalue weighted by Gasteiger charge is 2.11. The van der Waals surface area contributed by atoms with E-state index in [-0.39, 0.29) is 10.7 Å². The van der Waals surface area contributed by atoms with Crippen molar-refractivity contribution in [3.63, 3.8) is 0 Å². The molecule has 1 aromatic heterocycles. The molecule has 1 aromatic carbocycles. The summed E-state index contributed by atoms with van der Waals surface area (Å²) in [5.41, 5.74) is 1.11. The van der Waals surface area contributed by atoms with Crippen LogP contribution in [0.3, 0.4) is 0 Å². The number of oxazole rings is 1. The number of aromatic nitrogens is 1. The molecule has 5 nitrogen and oxygen atoms in total. The summed E-state index contributed by atoms with van der Waals surface area (Å²) in [4.78, 5) is 13.9. The molecule has 0 aliphatic carbocycles. The third-order valence-corrected chi connectivity index (χ3v) is 2.18. The second-order valence-electron chi connectivity index (χ2n) is 2.79. The maximum absolute atomic E-state index is 10.5. The molecule has 76 valence electrons. The Kier molecular flexibility index (Phi) is 2.39. The highest BCUT2D eigenvalue weighted by Crippen LogP contribution is 2.29. The van der Waals surface area contributed by atoms with Crippen LogP contribution in [0.1, 0.15) is 0 Å². The van der Waals surface area contributed by atoms with E-state index in [2.05, 4.69) is 4.98 Å². The fraction of sp³-hybridized carbons (Fsp3) is 0. The van der Waals surface area contributed by atoms with Crippen LogP contribution in [0.15, 0.2) is 35.3 Å². The molecule has 0 saturated carbocycles. The molecule has 0 spiro atoms. The van der Waals surface area contributed by atoms with E-state index in [4.69, 9.17) is 16.0 Å². The van der Waals surface area contributed by atoms with Crippen LogP contribution in [0, 0.1) is 10.1 Å². The van der Waals surface area contributed by atoms with Crippen LogP contribution < -0.4 is 0 Å². The van der Waals surface area contributed by atoms with Crippen LogP contribution in [0.2, 0.25) is 5.02 Å². The smallest absolute Gasteiger partial charge is 0.270 e. The van der Waals surface area contributed by atoms with Crippen LogP contribution in [0.25, 0.3) is 11.3 Å². The lowest BCUT2D eigenvalue weighted by molar-refractivity contribution is -0.384. The number of hydrogen-bond acceptors (Lipinski definition) is 4. The molecule has 15 heavy (non-hydrogen) atoms. The highest BCUT2D eigenvalue weighted by atomic mass is 35.5. The minimum absolute atomic E-state index is 0.0488. The Morgan fingerprint density at radius 1 is 1.47 bits per heavy atom. The number of benzene rings is 1. The second kappa shape index (κ2) is 3.70. The predicted octanol–water partition coefficient (Wildman–Crippen LogP) is 2.90. The Balaban J connectivity index is 2.48. The van der Waals surface area contributed by atoms with Gasteiger partial charge in [0.15, 0.2) is 6.39 Å². The standard InChI is InChI=1S/C9H5ClN2O3/c10-8-3-6(12(13)14)1-2-7(8)9-4-15-5-11-9/h1-5H. The summed E-state index contributed by atoms with van der Waals surface area (Å²) in [6.45, 7) is 0. The quantitative estimate of drug-likeness (QED) is 0.581. The molecule has 0 unspecified atom stereocenters. The first-order chi connectivity index (χ1) is 7.18. The van der Waals surface area contributed by atoms with Crippen molar-refractivity contribution >= 4 is 17.3 Å². The fourth-order valence-electron chi connectivity index (χ4n) is 1.17. The Morgan fingerprint density at radius 2 is 2.27 bits per heavy atom. The van der Waals surface area contributed by atoms with Gasteiger partial charge in [0.2, 0.25) is 0 Å². The van der Waals surface area contributed by atoms with Gasteiger partial charge >= 0.3 is 0 Å². The molecular weight excluding hydrogens is 220 g/mol. The van der Waals surface area contributed by atoms with Gasteiger partial charge in [0.1, 0.15) is 12.0 Å². The average molecular weight is 225 g/mol. The van der Waals surface area contributed by atoms with Gasteiger partial charge in [0, 0.05) is 17.7 Å². The van der Waals surface area contributed by atoms with E-state index in [1.54, 1.807) is 6.07 Å². The summed E-state index contributed by atoms with van der Waals surface area (Å²) in [7, 11) is 0. The third-order valence-electron chi connectivity index (χ3n) is 1.87. The lowest BCUT2D eigenvalue weighted by atomic mass is 10.1. The van der Waals surface area contributed by atoms with Gasteiger partial charge < -0.3 is 4.42 Å². The van der Waals surface area contributed by atoms with E-state index in [0.29, 0.717) is 11.3 Å². The van der Waals surface area contributed by atoms with Crippen molar-refractivity contribution < 1.29 is 9.34 Å². The second-order valence-corrected chi connectivity index (χ2v) is 3.20. The summed E-state index contributed by atoms with van der Waals surface area (Å²) in [5, 5.41) is 10.7. The minimum Gasteiger partial charge on any atom is -0.451 e. The molecule has 0 aliphatic rings. The van der Waals surface area contributed by atoms with Gasteiger partial charge in [-0.05, 0) is 6.07 Å². The molecule has 6 heteroatoms. The summed E-state index contributed by atoms with van der Waals surface area (Å²) in [5.74, 6) is 0. The number of rotatable bonds is 2. The number of nitro benzene ring substituents is 1. The summed E-state index contributed by atoms with van der Waals surface area (Å²) in [6, 6.07) is 4.19. The molecule has 2 aromatic rings. The van der Waals surface area contributed by atoms with Crippen LogP contribution in [0.4, 0.5) is 5.69 Å². The largest absolute Gasteiger partial charge is 0.451 e. The fourth-order valence-corrected chi connectivity index (χ4v) is 1.44. The SMILES string of the molecule is O=[N+]([O-])c1ccc(-c2cocn2)c(Cl)c1. The lowest BCUT2D eigenvalue weighted by Crippen LogP contribution is -1.88. The van der Waals surface area contributed by atoms with Gasteiger partial charge in [-0.15, -0.1) is 0 Å². The summed E-state index contributed by atoms with van der Waals surface area (Å²) < 4.78 is 4.80. The molecule has 0 fully saturated rings. The van der Waals surface area contributed by atoms with Crippen molar-refractivity contribution in [2.24, 2.45) is 0 Å². The monoisotopic (exact) mass is 224 g/mol. The molecule has 0 saturated heterocycles. The molecule has 0 amide bonds. The Hall–Kier alpha value is -1.88. The predicted molar refractivity (Wildman–Crippen MR) is 53.6 cm³/mol. The zero-order chi connectivity index (χ0) is 10.8. The Labute approximate surface area is 89.5 Å². The van der Waals surface area contributed by atoms with Gasteiger partial charge in [0.05, 0.1) is 9.95 Å². The average Bonchev–Trinajstić information content (AvgIpc) is 2.70. The van der Waals surface area contributed by atoms with Crippen LogP contribution in [-0.2, 0) is 0 Å². The Morgan fingerprint density at radius 3 is 2.80 bits per heavy atom. The van der Waals surface area contributed by atoms with Crippen LogP contribution in [0.5, 0.6) is 0 Å². The van der Waals surface area contributed by atoms with E-state index in [0.717, 1.165) is 0 Å². The molecular formula is C9H5ClN2O3. The first kappa shape index (κ1) is 9.67. The molecule has 0 N–H and O–H groups in total.